The third-order valence-corrected chi connectivity index (χ3v) is 4.29. The Bertz CT molecular complexity index is 464. The van der Waals surface area contributed by atoms with Gasteiger partial charge in [-0.15, -0.1) is 0 Å². The van der Waals surface area contributed by atoms with E-state index in [1.807, 2.05) is 4.90 Å². The predicted octanol–water partition coefficient (Wildman–Crippen LogP) is 3.09. The number of aryl methyl sites for hydroxylation is 2. The van der Waals surface area contributed by atoms with Crippen LogP contribution in [0.2, 0.25) is 0 Å². The lowest BCUT2D eigenvalue weighted by Gasteiger charge is -2.35. The first-order chi connectivity index (χ1) is 9.56. The van der Waals surface area contributed by atoms with Crippen LogP contribution in [0, 0.1) is 13.8 Å². The van der Waals surface area contributed by atoms with Crippen molar-refractivity contribution in [2.75, 3.05) is 6.54 Å². The standard InChI is InChI=1S/C17H26N2O/c1-4-11-19-15(20)10-6-9-14(18)17(19)16-12(2)7-5-8-13(16)3/h5,7-8,14,17H,4,6,9-11,18H2,1-3H3. The summed E-state index contributed by atoms with van der Waals surface area (Å²) in [4.78, 5) is 14.4. The Morgan fingerprint density at radius 3 is 2.55 bits per heavy atom. The van der Waals surface area contributed by atoms with Crippen LogP contribution in [0.25, 0.3) is 0 Å². The number of carbonyl (C=O) groups is 1. The Hall–Kier alpha value is -1.35. The fourth-order valence-electron chi connectivity index (χ4n) is 3.35. The van der Waals surface area contributed by atoms with Gasteiger partial charge in [0.1, 0.15) is 0 Å². The van der Waals surface area contributed by atoms with Crippen molar-refractivity contribution in [3.63, 3.8) is 0 Å². The normalized spacial score (nSPS) is 23.8. The van der Waals surface area contributed by atoms with Gasteiger partial charge in [-0.3, -0.25) is 4.79 Å². The fourth-order valence-corrected chi connectivity index (χ4v) is 3.35. The van der Waals surface area contributed by atoms with Crippen LogP contribution in [0.1, 0.15) is 55.3 Å². The molecule has 0 spiro atoms. The summed E-state index contributed by atoms with van der Waals surface area (Å²) < 4.78 is 0. The van der Waals surface area contributed by atoms with E-state index in [2.05, 4.69) is 39.0 Å². The topological polar surface area (TPSA) is 46.3 Å². The smallest absolute Gasteiger partial charge is 0.223 e. The van der Waals surface area contributed by atoms with Crippen LogP contribution in [0.4, 0.5) is 0 Å². The molecule has 110 valence electrons. The van der Waals surface area contributed by atoms with Gasteiger partial charge in [0.05, 0.1) is 6.04 Å². The van der Waals surface area contributed by atoms with Crippen molar-refractivity contribution in [2.24, 2.45) is 5.73 Å². The van der Waals surface area contributed by atoms with Crippen molar-refractivity contribution < 1.29 is 4.79 Å². The highest BCUT2D eigenvalue weighted by Gasteiger charge is 2.33. The van der Waals surface area contributed by atoms with Gasteiger partial charge >= 0.3 is 0 Å². The van der Waals surface area contributed by atoms with Gasteiger partial charge in [0.25, 0.3) is 0 Å². The van der Waals surface area contributed by atoms with Crippen molar-refractivity contribution in [3.05, 3.63) is 34.9 Å². The van der Waals surface area contributed by atoms with Gasteiger partial charge < -0.3 is 10.6 Å². The molecule has 0 aromatic heterocycles. The van der Waals surface area contributed by atoms with Crippen molar-refractivity contribution in [3.8, 4) is 0 Å². The Labute approximate surface area is 122 Å². The van der Waals surface area contributed by atoms with Gasteiger partial charge in [0.15, 0.2) is 0 Å². The average molecular weight is 274 g/mol. The quantitative estimate of drug-likeness (QED) is 0.920. The van der Waals surface area contributed by atoms with E-state index in [0.717, 1.165) is 25.8 Å². The minimum atomic E-state index is 0.0335. The van der Waals surface area contributed by atoms with E-state index in [-0.39, 0.29) is 18.0 Å². The average Bonchev–Trinajstić information content (AvgIpc) is 2.52. The summed E-state index contributed by atoms with van der Waals surface area (Å²) in [6.45, 7) is 7.15. The van der Waals surface area contributed by atoms with Crippen LogP contribution in [0.5, 0.6) is 0 Å². The third kappa shape index (κ3) is 2.88. The van der Waals surface area contributed by atoms with Gasteiger partial charge in [-0.1, -0.05) is 25.1 Å². The second-order valence-corrected chi connectivity index (χ2v) is 5.89. The van der Waals surface area contributed by atoms with Crippen molar-refractivity contribution in [1.29, 1.82) is 0 Å². The van der Waals surface area contributed by atoms with Crippen LogP contribution < -0.4 is 5.73 Å². The minimum absolute atomic E-state index is 0.0335. The zero-order valence-electron chi connectivity index (χ0n) is 12.9. The summed E-state index contributed by atoms with van der Waals surface area (Å²) in [6, 6.07) is 6.38. The molecule has 1 aliphatic rings. The van der Waals surface area contributed by atoms with Gasteiger partial charge in [0.2, 0.25) is 5.91 Å². The Balaban J connectivity index is 2.49. The van der Waals surface area contributed by atoms with E-state index in [1.165, 1.54) is 16.7 Å². The highest BCUT2D eigenvalue weighted by Crippen LogP contribution is 2.34. The van der Waals surface area contributed by atoms with Gasteiger partial charge in [-0.2, -0.15) is 0 Å². The predicted molar refractivity (Wildman–Crippen MR) is 82.5 cm³/mol. The number of amides is 1. The molecule has 2 atom stereocenters. The van der Waals surface area contributed by atoms with E-state index < -0.39 is 0 Å². The molecule has 1 fully saturated rings. The third-order valence-electron chi connectivity index (χ3n) is 4.29. The molecule has 1 aromatic rings. The van der Waals surface area contributed by atoms with Crippen molar-refractivity contribution in [1.82, 2.24) is 4.90 Å². The first kappa shape index (κ1) is 15.0. The largest absolute Gasteiger partial charge is 0.334 e. The summed E-state index contributed by atoms with van der Waals surface area (Å²) in [5.41, 5.74) is 10.2. The van der Waals surface area contributed by atoms with E-state index in [0.29, 0.717) is 6.42 Å². The molecular weight excluding hydrogens is 248 g/mol. The maximum Gasteiger partial charge on any atom is 0.223 e. The molecule has 1 aromatic carbocycles. The molecule has 0 aliphatic carbocycles. The molecule has 0 bridgehead atoms. The highest BCUT2D eigenvalue weighted by atomic mass is 16.2. The van der Waals surface area contributed by atoms with Crippen molar-refractivity contribution >= 4 is 5.91 Å². The first-order valence-corrected chi connectivity index (χ1v) is 7.67. The maximum atomic E-state index is 12.4. The second kappa shape index (κ2) is 6.40. The molecule has 1 amide bonds. The second-order valence-electron chi connectivity index (χ2n) is 5.89. The molecule has 3 nitrogen and oxygen atoms in total. The molecule has 2 unspecified atom stereocenters. The molecule has 1 heterocycles. The summed E-state index contributed by atoms with van der Waals surface area (Å²) in [7, 11) is 0. The Morgan fingerprint density at radius 1 is 1.30 bits per heavy atom. The number of likely N-dealkylation sites (tertiary alicyclic amines) is 1. The number of hydrogen-bond acceptors (Lipinski definition) is 2. The van der Waals surface area contributed by atoms with E-state index in [9.17, 15) is 4.79 Å². The van der Waals surface area contributed by atoms with Crippen LogP contribution in [0.3, 0.4) is 0 Å². The molecule has 1 aliphatic heterocycles. The molecule has 3 heteroatoms. The first-order valence-electron chi connectivity index (χ1n) is 7.67. The summed E-state index contributed by atoms with van der Waals surface area (Å²) in [5, 5.41) is 0. The Morgan fingerprint density at radius 2 is 1.95 bits per heavy atom. The van der Waals surface area contributed by atoms with Crippen molar-refractivity contribution in [2.45, 2.75) is 58.5 Å². The lowest BCUT2D eigenvalue weighted by molar-refractivity contribution is -0.133. The van der Waals surface area contributed by atoms with Gasteiger partial charge in [-0.25, -0.2) is 0 Å². The van der Waals surface area contributed by atoms with Gasteiger partial charge in [-0.05, 0) is 49.8 Å². The minimum Gasteiger partial charge on any atom is -0.334 e. The number of carbonyl (C=O) groups excluding carboxylic acids is 1. The number of nitrogens with zero attached hydrogens (tertiary/aromatic N) is 1. The molecule has 20 heavy (non-hydrogen) atoms. The molecule has 2 N–H and O–H groups in total. The molecule has 1 saturated heterocycles. The number of nitrogens with two attached hydrogens (primary N) is 1. The fraction of sp³-hybridized carbons (Fsp3) is 0.588. The summed E-state index contributed by atoms with van der Waals surface area (Å²) in [5.74, 6) is 0.257. The Kier molecular flexibility index (Phi) is 4.81. The van der Waals surface area contributed by atoms with Gasteiger partial charge in [0, 0.05) is 19.0 Å². The molecule has 0 radical (unpaired) electrons. The molecule has 2 rings (SSSR count). The van der Waals surface area contributed by atoms with Crippen LogP contribution in [0.15, 0.2) is 18.2 Å². The number of benzene rings is 1. The number of rotatable bonds is 3. The molecular formula is C17H26N2O. The van der Waals surface area contributed by atoms with E-state index in [1.54, 1.807) is 0 Å². The monoisotopic (exact) mass is 274 g/mol. The number of hydrogen-bond donors (Lipinski definition) is 1. The van der Waals surface area contributed by atoms with Crippen LogP contribution >= 0.6 is 0 Å². The highest BCUT2D eigenvalue weighted by molar-refractivity contribution is 5.77. The lowest BCUT2D eigenvalue weighted by Crippen LogP contribution is -2.43. The molecule has 0 saturated carbocycles. The van der Waals surface area contributed by atoms with Crippen LogP contribution in [-0.4, -0.2) is 23.4 Å². The maximum absolute atomic E-state index is 12.4. The zero-order valence-corrected chi connectivity index (χ0v) is 12.9. The lowest BCUT2D eigenvalue weighted by atomic mass is 9.89. The van der Waals surface area contributed by atoms with E-state index >= 15 is 0 Å². The SMILES string of the molecule is CCCN1C(=O)CCCC(N)C1c1c(C)cccc1C. The zero-order chi connectivity index (χ0) is 14.7. The van der Waals surface area contributed by atoms with E-state index in [4.69, 9.17) is 5.73 Å². The van der Waals surface area contributed by atoms with Crippen LogP contribution in [-0.2, 0) is 4.79 Å². The summed E-state index contributed by atoms with van der Waals surface area (Å²) >= 11 is 0. The summed E-state index contributed by atoms with van der Waals surface area (Å²) in [6.07, 6.45) is 3.43.